The van der Waals surface area contributed by atoms with Crippen LogP contribution in [0.2, 0.25) is 0 Å². The Kier molecular flexibility index (Phi) is 5.52. The lowest BCUT2D eigenvalue weighted by Crippen LogP contribution is -2.08. The van der Waals surface area contributed by atoms with Gasteiger partial charge in [0.05, 0.1) is 0 Å². The molecule has 1 aliphatic rings. The van der Waals surface area contributed by atoms with Gasteiger partial charge in [-0.15, -0.1) is 0 Å². The molecule has 134 valence electrons. The molecule has 0 amide bonds. The Hall–Kier alpha value is -2.88. The number of rotatable bonds is 6. The highest BCUT2D eigenvalue weighted by atomic mass is 16.6. The van der Waals surface area contributed by atoms with Gasteiger partial charge < -0.3 is 9.64 Å². The number of benzene rings is 2. The van der Waals surface area contributed by atoms with E-state index in [0.717, 1.165) is 23.2 Å². The number of aryl methyl sites for hydroxylation is 1. The van der Waals surface area contributed by atoms with Crippen molar-refractivity contribution in [3.63, 3.8) is 0 Å². The van der Waals surface area contributed by atoms with E-state index in [9.17, 15) is 4.79 Å². The average Bonchev–Trinajstić information content (AvgIpc) is 3.01. The Balaban J connectivity index is 1.77. The van der Waals surface area contributed by atoms with Crippen molar-refractivity contribution >= 4 is 23.6 Å². The number of aliphatic imine (C=N–C) groups is 1. The highest BCUT2D eigenvalue weighted by molar-refractivity contribution is 6.12. The predicted molar refractivity (Wildman–Crippen MR) is 106 cm³/mol. The van der Waals surface area contributed by atoms with Crippen LogP contribution in [-0.2, 0) is 16.0 Å². The molecule has 1 heterocycles. The Morgan fingerprint density at radius 1 is 1.04 bits per heavy atom. The first kappa shape index (κ1) is 17.9. The van der Waals surface area contributed by atoms with Crippen LogP contribution >= 0.6 is 0 Å². The fraction of sp³-hybridized carbons (Fsp3) is 0.273. The molecule has 0 spiro atoms. The summed E-state index contributed by atoms with van der Waals surface area (Å²) in [6.07, 6.45) is 5.17. The van der Waals surface area contributed by atoms with E-state index in [-0.39, 0.29) is 0 Å². The minimum Gasteiger partial charge on any atom is -0.402 e. The Bertz CT molecular complexity index is 831. The maximum atomic E-state index is 12.1. The monoisotopic (exact) mass is 348 g/mol. The number of hydrogen-bond acceptors (Lipinski definition) is 4. The molecular formula is C22H24N2O2. The van der Waals surface area contributed by atoms with Crippen LogP contribution in [-0.4, -0.2) is 26.0 Å². The number of unbranched alkanes of at least 4 members (excludes halogenated alkanes) is 1. The first-order valence-corrected chi connectivity index (χ1v) is 8.96. The van der Waals surface area contributed by atoms with Gasteiger partial charge in [0, 0.05) is 25.3 Å². The summed E-state index contributed by atoms with van der Waals surface area (Å²) in [6, 6.07) is 16.0. The first-order chi connectivity index (χ1) is 12.6. The second-order valence-electron chi connectivity index (χ2n) is 6.62. The molecule has 0 radical (unpaired) electrons. The number of anilines is 1. The second kappa shape index (κ2) is 8.00. The highest BCUT2D eigenvalue weighted by Crippen LogP contribution is 2.21. The number of cyclic esters (lactones) is 1. The minimum absolute atomic E-state index is 0.327. The van der Waals surface area contributed by atoms with Gasteiger partial charge in [-0.1, -0.05) is 37.6 Å². The lowest BCUT2D eigenvalue weighted by Gasteiger charge is -2.11. The largest absolute Gasteiger partial charge is 0.402 e. The van der Waals surface area contributed by atoms with E-state index in [0.29, 0.717) is 11.6 Å². The summed E-state index contributed by atoms with van der Waals surface area (Å²) in [5, 5.41) is 0. The summed E-state index contributed by atoms with van der Waals surface area (Å²) < 4.78 is 5.35. The molecule has 2 aromatic rings. The van der Waals surface area contributed by atoms with E-state index in [1.807, 2.05) is 55.4 Å². The molecule has 0 saturated heterocycles. The van der Waals surface area contributed by atoms with Crippen molar-refractivity contribution in [2.75, 3.05) is 19.0 Å². The van der Waals surface area contributed by atoms with Crippen molar-refractivity contribution < 1.29 is 9.53 Å². The fourth-order valence-corrected chi connectivity index (χ4v) is 2.75. The molecular weight excluding hydrogens is 324 g/mol. The third kappa shape index (κ3) is 4.20. The molecule has 4 heteroatoms. The molecule has 0 aromatic heterocycles. The average molecular weight is 348 g/mol. The van der Waals surface area contributed by atoms with Crippen LogP contribution in [0.3, 0.4) is 0 Å². The highest BCUT2D eigenvalue weighted by Gasteiger charge is 2.24. The lowest BCUT2D eigenvalue weighted by atomic mass is 10.1. The van der Waals surface area contributed by atoms with Crippen LogP contribution in [0.4, 0.5) is 5.69 Å². The molecule has 0 N–H and O–H groups in total. The summed E-state index contributed by atoms with van der Waals surface area (Å²) in [7, 11) is 3.98. The minimum atomic E-state index is -0.410. The fourth-order valence-electron chi connectivity index (χ4n) is 2.75. The smallest absolute Gasteiger partial charge is 0.363 e. The van der Waals surface area contributed by atoms with Crippen molar-refractivity contribution in [3.05, 3.63) is 70.9 Å². The van der Waals surface area contributed by atoms with Crippen molar-refractivity contribution in [1.29, 1.82) is 0 Å². The Labute approximate surface area is 154 Å². The number of ether oxygens (including phenoxy) is 1. The summed E-state index contributed by atoms with van der Waals surface area (Å²) in [6.45, 7) is 2.18. The van der Waals surface area contributed by atoms with E-state index in [4.69, 9.17) is 4.74 Å². The zero-order valence-electron chi connectivity index (χ0n) is 15.5. The molecule has 4 nitrogen and oxygen atoms in total. The van der Waals surface area contributed by atoms with Crippen LogP contribution in [0.1, 0.15) is 36.5 Å². The third-order valence-corrected chi connectivity index (χ3v) is 4.35. The molecule has 0 saturated carbocycles. The maximum Gasteiger partial charge on any atom is 0.363 e. The second-order valence-corrected chi connectivity index (χ2v) is 6.62. The van der Waals surface area contributed by atoms with Gasteiger partial charge in [-0.25, -0.2) is 9.79 Å². The summed E-state index contributed by atoms with van der Waals surface area (Å²) >= 11 is 0. The van der Waals surface area contributed by atoms with E-state index in [2.05, 4.69) is 24.0 Å². The molecule has 1 aliphatic heterocycles. The molecule has 2 aromatic carbocycles. The molecule has 0 fully saturated rings. The van der Waals surface area contributed by atoms with Crippen molar-refractivity contribution in [2.24, 2.45) is 4.99 Å². The molecule has 26 heavy (non-hydrogen) atoms. The van der Waals surface area contributed by atoms with Gasteiger partial charge in [0.15, 0.2) is 5.70 Å². The Morgan fingerprint density at radius 2 is 1.73 bits per heavy atom. The van der Waals surface area contributed by atoms with Gasteiger partial charge in [0.1, 0.15) is 0 Å². The SMILES string of the molecule is CCCCc1ccc(C2=N/C(=C\c3ccc(N(C)C)cc3)C(=O)O2)cc1. The van der Waals surface area contributed by atoms with Gasteiger partial charge in [0.25, 0.3) is 0 Å². The first-order valence-electron chi connectivity index (χ1n) is 8.96. The summed E-state index contributed by atoms with van der Waals surface area (Å²) in [5.74, 6) is -0.0417. The van der Waals surface area contributed by atoms with E-state index < -0.39 is 5.97 Å². The number of carbonyl (C=O) groups excluding carboxylic acids is 1. The topological polar surface area (TPSA) is 41.9 Å². The van der Waals surface area contributed by atoms with Crippen LogP contribution in [0.25, 0.3) is 6.08 Å². The van der Waals surface area contributed by atoms with Crippen LogP contribution < -0.4 is 4.90 Å². The van der Waals surface area contributed by atoms with Gasteiger partial charge in [-0.3, -0.25) is 0 Å². The number of hydrogen-bond donors (Lipinski definition) is 0. The maximum absolute atomic E-state index is 12.1. The normalized spacial score (nSPS) is 15.1. The molecule has 0 bridgehead atoms. The quantitative estimate of drug-likeness (QED) is 0.572. The zero-order valence-corrected chi connectivity index (χ0v) is 15.5. The lowest BCUT2D eigenvalue weighted by molar-refractivity contribution is -0.129. The molecule has 0 atom stereocenters. The van der Waals surface area contributed by atoms with Crippen LogP contribution in [0.5, 0.6) is 0 Å². The third-order valence-electron chi connectivity index (χ3n) is 4.35. The van der Waals surface area contributed by atoms with E-state index >= 15 is 0 Å². The van der Waals surface area contributed by atoms with Crippen molar-refractivity contribution in [3.8, 4) is 0 Å². The number of nitrogens with zero attached hydrogens (tertiary/aromatic N) is 2. The van der Waals surface area contributed by atoms with Crippen molar-refractivity contribution in [1.82, 2.24) is 0 Å². The predicted octanol–water partition coefficient (Wildman–Crippen LogP) is 4.44. The van der Waals surface area contributed by atoms with Crippen LogP contribution in [0, 0.1) is 0 Å². The Morgan fingerprint density at radius 3 is 2.35 bits per heavy atom. The summed E-state index contributed by atoms with van der Waals surface area (Å²) in [4.78, 5) is 18.5. The van der Waals surface area contributed by atoms with Crippen LogP contribution in [0.15, 0.2) is 59.2 Å². The van der Waals surface area contributed by atoms with Gasteiger partial charge >= 0.3 is 5.97 Å². The molecule has 0 unspecified atom stereocenters. The molecule has 0 aliphatic carbocycles. The number of esters is 1. The zero-order chi connectivity index (χ0) is 18.5. The van der Waals surface area contributed by atoms with Gasteiger partial charge in [-0.05, 0) is 54.3 Å². The van der Waals surface area contributed by atoms with E-state index in [1.165, 1.54) is 18.4 Å². The van der Waals surface area contributed by atoms with Gasteiger partial charge in [0.2, 0.25) is 5.90 Å². The van der Waals surface area contributed by atoms with Gasteiger partial charge in [-0.2, -0.15) is 0 Å². The standard InChI is InChI=1S/C22H24N2O2/c1-4-5-6-16-7-11-18(12-8-16)21-23-20(22(25)26-21)15-17-9-13-19(14-10-17)24(2)3/h7-15H,4-6H2,1-3H3/b20-15-. The number of carbonyl (C=O) groups is 1. The summed E-state index contributed by atoms with van der Waals surface area (Å²) in [5.41, 5.74) is 4.46. The van der Waals surface area contributed by atoms with Crippen molar-refractivity contribution in [2.45, 2.75) is 26.2 Å². The molecule has 3 rings (SSSR count). The van der Waals surface area contributed by atoms with E-state index in [1.54, 1.807) is 6.08 Å².